The molecule has 15 nitrogen and oxygen atoms in total. The van der Waals surface area contributed by atoms with E-state index >= 15 is 0 Å². The van der Waals surface area contributed by atoms with Crippen LogP contribution in [-0.2, 0) is 29.1 Å². The van der Waals surface area contributed by atoms with E-state index in [0.717, 1.165) is 13.8 Å². The van der Waals surface area contributed by atoms with Gasteiger partial charge in [0.15, 0.2) is 17.1 Å². The quantitative estimate of drug-likeness (QED) is 0.283. The maximum atomic E-state index is 14.8. The first-order chi connectivity index (χ1) is 27.2. The summed E-state index contributed by atoms with van der Waals surface area (Å²) in [6.45, 7) is 6.31. The summed E-state index contributed by atoms with van der Waals surface area (Å²) in [5.41, 5.74) is -3.83. The zero-order valence-electron chi connectivity index (χ0n) is 33.8. The summed E-state index contributed by atoms with van der Waals surface area (Å²) in [7, 11) is -0.973. The van der Waals surface area contributed by atoms with Gasteiger partial charge in [0.1, 0.15) is 23.7 Å². The number of ether oxygens (including phenoxy) is 4. The highest BCUT2D eigenvalue weighted by atomic mass is 32.2. The lowest BCUT2D eigenvalue weighted by atomic mass is 9.88. The van der Waals surface area contributed by atoms with Gasteiger partial charge in [-0.1, -0.05) is 26.0 Å². The third-order valence-electron chi connectivity index (χ3n) is 11.8. The molecule has 0 bridgehead atoms. The Morgan fingerprint density at radius 3 is 2.38 bits per heavy atom. The molecule has 2 saturated carbocycles. The molecule has 0 unspecified atom stereocenters. The summed E-state index contributed by atoms with van der Waals surface area (Å²) in [6.07, 6.45) is 5.72. The molecule has 3 N–H and O–H groups in total. The Balaban J connectivity index is 1.36. The van der Waals surface area contributed by atoms with Gasteiger partial charge in [-0.3, -0.25) is 19.1 Å². The molecule has 0 radical (unpaired) electrons. The van der Waals surface area contributed by atoms with Crippen molar-refractivity contribution in [2.24, 2.45) is 17.8 Å². The van der Waals surface area contributed by atoms with Crippen LogP contribution in [0.3, 0.4) is 0 Å². The van der Waals surface area contributed by atoms with E-state index in [-0.39, 0.29) is 31.2 Å². The number of alkyl carbamates (subject to hydrolysis) is 1. The minimum Gasteiger partial charge on any atom is -0.493 e. The topological polar surface area (TPSA) is 192 Å². The second-order valence-electron chi connectivity index (χ2n) is 16.7. The van der Waals surface area contributed by atoms with Crippen molar-refractivity contribution >= 4 is 44.6 Å². The number of aromatic nitrogens is 1. The van der Waals surface area contributed by atoms with Gasteiger partial charge in [-0.25, -0.2) is 27.0 Å². The Labute approximate surface area is 337 Å². The van der Waals surface area contributed by atoms with Gasteiger partial charge in [0.05, 0.1) is 26.0 Å². The van der Waals surface area contributed by atoms with Crippen LogP contribution in [0.1, 0.15) is 79.6 Å². The molecule has 1 aromatic carbocycles. The van der Waals surface area contributed by atoms with Gasteiger partial charge in [-0.2, -0.15) is 0 Å². The van der Waals surface area contributed by atoms with E-state index in [9.17, 15) is 36.4 Å². The maximum Gasteiger partial charge on any atom is 0.408 e. The number of methoxy groups -OCH3 is 2. The van der Waals surface area contributed by atoms with Gasteiger partial charge >= 0.3 is 6.09 Å². The van der Waals surface area contributed by atoms with Crippen LogP contribution in [-0.4, -0.2) is 103 Å². The Morgan fingerprint density at radius 1 is 1.03 bits per heavy atom. The van der Waals surface area contributed by atoms with Gasteiger partial charge < -0.3 is 34.5 Å². The van der Waals surface area contributed by atoms with E-state index < -0.39 is 86.2 Å². The maximum absolute atomic E-state index is 14.8. The van der Waals surface area contributed by atoms with Crippen LogP contribution in [0.5, 0.6) is 17.4 Å². The predicted molar refractivity (Wildman–Crippen MR) is 208 cm³/mol. The van der Waals surface area contributed by atoms with Crippen molar-refractivity contribution in [3.05, 3.63) is 36.5 Å². The Hall–Kier alpha value is -4.74. The fourth-order valence-electron chi connectivity index (χ4n) is 7.70. The Morgan fingerprint density at radius 2 is 1.72 bits per heavy atom. The first kappa shape index (κ1) is 42.9. The average molecular weight is 834 g/mol. The molecule has 18 heteroatoms. The lowest BCUT2D eigenvalue weighted by molar-refractivity contribution is -0.152. The summed E-state index contributed by atoms with van der Waals surface area (Å²) in [6, 6.07) is 2.59. The molecule has 0 spiro atoms. The van der Waals surface area contributed by atoms with Crippen molar-refractivity contribution < 1.29 is 55.3 Å². The average Bonchev–Trinajstić information content (AvgIpc) is 4.07. The number of pyridine rings is 1. The highest BCUT2D eigenvalue weighted by Crippen LogP contribution is 2.46. The zero-order valence-corrected chi connectivity index (χ0v) is 34.6. The van der Waals surface area contributed by atoms with Crippen LogP contribution in [0.15, 0.2) is 36.5 Å². The molecule has 4 amide bonds. The largest absolute Gasteiger partial charge is 0.493 e. The molecule has 3 heterocycles. The highest BCUT2D eigenvalue weighted by Gasteiger charge is 2.62. The van der Waals surface area contributed by atoms with E-state index in [1.165, 1.54) is 25.3 Å². The van der Waals surface area contributed by atoms with Crippen LogP contribution in [0, 0.1) is 17.8 Å². The number of carbonyl (C=O) groups excluding carboxylic acids is 4. The number of hydrogen-bond donors (Lipinski definition) is 3. The van der Waals surface area contributed by atoms with Crippen LogP contribution in [0.2, 0.25) is 0 Å². The van der Waals surface area contributed by atoms with E-state index in [0.29, 0.717) is 61.3 Å². The van der Waals surface area contributed by atoms with Gasteiger partial charge in [-0.15, -0.1) is 0 Å². The molecule has 318 valence electrons. The number of hydrogen-bond acceptors (Lipinski definition) is 11. The molecular formula is C40H53F2N5O10S. The smallest absolute Gasteiger partial charge is 0.408 e. The van der Waals surface area contributed by atoms with Crippen molar-refractivity contribution in [3.63, 3.8) is 0 Å². The van der Waals surface area contributed by atoms with Crippen LogP contribution in [0.25, 0.3) is 10.8 Å². The molecule has 4 aliphatic rings. The van der Waals surface area contributed by atoms with E-state index in [1.54, 1.807) is 25.1 Å². The number of sulfonamides is 1. The highest BCUT2D eigenvalue weighted by molar-refractivity contribution is 7.91. The summed E-state index contributed by atoms with van der Waals surface area (Å²) in [5, 5.41) is 5.94. The second-order valence-corrected chi connectivity index (χ2v) is 18.7. The van der Waals surface area contributed by atoms with Crippen molar-refractivity contribution in [2.75, 3.05) is 20.8 Å². The van der Waals surface area contributed by atoms with E-state index in [1.807, 2.05) is 19.1 Å². The molecule has 2 aliphatic heterocycles. The standard InChI is InChI=1S/C40H53F2N5O10S/c1-22-10-8-9-11-25-20-40(25,36(50)46-58(52,53)27-12-13-27)45-33(48)29-18-26(56-34-28-19-31(55-7)30(54-6)17-24(28)14-15-43-34)21-47(29)35(49)32(23(2)16-22)44-37(51)57-38(3,4)39(5,41)42/h9,11,14-15,17,19,22-23,25-27,29,32H,8,10,12-13,16,18,20-21H2,1-7H3,(H,44,51)(H,45,48)(H,46,50)/b11-9-/t22-,23+,25+,26+,29-,32-,40+/m0/s1. The van der Waals surface area contributed by atoms with Gasteiger partial charge in [-0.05, 0) is 87.8 Å². The SMILES string of the molecule is COc1cc2ccnc(O[C@@H]3C[C@H]4C(=O)N[C@]5(C(=O)NS(=O)(=O)C6CC6)C[C@H]5/C=C\CC[C@H](C)C[C@@H](C)[C@H](NC(=O)OC(C)(C)C(C)(F)F)C(=O)N4C3)c2cc1OC. The van der Waals surface area contributed by atoms with Crippen molar-refractivity contribution in [1.29, 1.82) is 0 Å². The Bertz CT molecular complexity index is 2070. The number of fused-ring (bicyclic) bond motifs is 3. The predicted octanol–water partition coefficient (Wildman–Crippen LogP) is 4.62. The summed E-state index contributed by atoms with van der Waals surface area (Å²) in [5.74, 6) is -5.71. The minimum atomic E-state index is -3.96. The number of carbonyl (C=O) groups is 4. The second kappa shape index (κ2) is 16.1. The molecular weight excluding hydrogens is 781 g/mol. The molecule has 3 fully saturated rings. The molecule has 58 heavy (non-hydrogen) atoms. The van der Waals surface area contributed by atoms with Crippen molar-refractivity contribution in [1.82, 2.24) is 25.2 Å². The molecule has 6 rings (SSSR count). The number of rotatable bonds is 10. The molecule has 7 atom stereocenters. The lowest BCUT2D eigenvalue weighted by Gasteiger charge is -2.35. The van der Waals surface area contributed by atoms with Crippen LogP contribution < -0.4 is 29.6 Å². The van der Waals surface area contributed by atoms with Crippen molar-refractivity contribution in [3.8, 4) is 17.4 Å². The first-order valence-corrected chi connectivity index (χ1v) is 21.1. The number of halogens is 2. The molecule has 1 aromatic heterocycles. The zero-order chi connectivity index (χ0) is 42.4. The number of nitrogens with one attached hydrogen (secondary N) is 3. The van der Waals surface area contributed by atoms with Crippen molar-refractivity contribution in [2.45, 2.75) is 120 Å². The van der Waals surface area contributed by atoms with E-state index in [4.69, 9.17) is 18.9 Å². The summed E-state index contributed by atoms with van der Waals surface area (Å²) >= 11 is 0. The number of benzene rings is 1. The normalized spacial score (nSPS) is 28.8. The van der Waals surface area contributed by atoms with E-state index in [2.05, 4.69) is 20.3 Å². The number of alkyl halides is 2. The number of allylic oxidation sites excluding steroid dienone is 1. The van der Waals surface area contributed by atoms with Crippen LogP contribution in [0.4, 0.5) is 13.6 Å². The van der Waals surface area contributed by atoms with Gasteiger partial charge in [0.2, 0.25) is 27.7 Å². The lowest BCUT2D eigenvalue weighted by Crippen LogP contribution is -2.59. The molecule has 2 aromatic rings. The number of amides is 4. The fraction of sp³-hybridized carbons (Fsp3) is 0.625. The first-order valence-electron chi connectivity index (χ1n) is 19.6. The summed E-state index contributed by atoms with van der Waals surface area (Å²) < 4.78 is 79.3. The van der Waals surface area contributed by atoms with Crippen LogP contribution >= 0.6 is 0 Å². The fourth-order valence-corrected chi connectivity index (χ4v) is 9.06. The third kappa shape index (κ3) is 8.95. The molecule has 2 aliphatic carbocycles. The minimum absolute atomic E-state index is 0.0172. The Kier molecular flexibility index (Phi) is 11.9. The number of nitrogens with zero attached hydrogens (tertiary/aromatic N) is 2. The van der Waals surface area contributed by atoms with Gasteiger partial charge in [0.25, 0.3) is 11.8 Å². The third-order valence-corrected chi connectivity index (χ3v) is 13.6. The van der Waals surface area contributed by atoms with Gasteiger partial charge in [0, 0.05) is 30.8 Å². The summed E-state index contributed by atoms with van der Waals surface area (Å²) in [4.78, 5) is 62.1. The monoisotopic (exact) mass is 833 g/mol. The molecule has 1 saturated heterocycles.